The van der Waals surface area contributed by atoms with Crippen molar-refractivity contribution in [2.24, 2.45) is 0 Å². The first-order chi connectivity index (χ1) is 9.21. The van der Waals surface area contributed by atoms with E-state index in [1.165, 1.54) is 6.07 Å². The predicted molar refractivity (Wildman–Crippen MR) is 58.5 cm³/mol. The van der Waals surface area contributed by atoms with E-state index >= 15 is 0 Å². The van der Waals surface area contributed by atoms with E-state index in [1.54, 1.807) is 0 Å². The first-order valence-electron chi connectivity index (χ1n) is 5.31. The number of pyridine rings is 1. The third kappa shape index (κ3) is 2.76. The number of alkyl halides is 6. The molecule has 0 saturated carbocycles. The summed E-state index contributed by atoms with van der Waals surface area (Å²) in [4.78, 5) is 3.51. The second-order valence-electron chi connectivity index (χ2n) is 3.90. The molecule has 0 N–H and O–H groups in total. The highest BCUT2D eigenvalue weighted by Crippen LogP contribution is 2.44. The summed E-state index contributed by atoms with van der Waals surface area (Å²) in [5.74, 6) is 0. The highest BCUT2D eigenvalue weighted by molar-refractivity contribution is 5.69. The Bertz CT molecular complexity index is 600. The summed E-state index contributed by atoms with van der Waals surface area (Å²) < 4.78 is 77.3. The van der Waals surface area contributed by atoms with Gasteiger partial charge < -0.3 is 0 Å². The Labute approximate surface area is 109 Å². The van der Waals surface area contributed by atoms with Crippen LogP contribution in [0.4, 0.5) is 26.3 Å². The molecule has 0 aliphatic carbocycles. The maximum atomic E-state index is 13.0. The molecule has 0 aliphatic rings. The van der Waals surface area contributed by atoms with E-state index in [0.717, 1.165) is 24.4 Å². The highest BCUT2D eigenvalue weighted by atomic mass is 19.4. The molecule has 1 nitrogen and oxygen atoms in total. The van der Waals surface area contributed by atoms with Crippen LogP contribution in [-0.2, 0) is 12.4 Å². The number of hydrogen-bond donors (Lipinski definition) is 0. The van der Waals surface area contributed by atoms with Gasteiger partial charge in [0.2, 0.25) is 0 Å². The lowest BCUT2D eigenvalue weighted by Gasteiger charge is -2.19. The molecule has 7 heteroatoms. The van der Waals surface area contributed by atoms with Crippen molar-refractivity contribution < 1.29 is 26.3 Å². The van der Waals surface area contributed by atoms with Gasteiger partial charge >= 0.3 is 12.4 Å². The van der Waals surface area contributed by atoms with E-state index in [1.807, 2.05) is 0 Å². The van der Waals surface area contributed by atoms with Gasteiger partial charge in [-0.3, -0.25) is 4.98 Å². The second-order valence-corrected chi connectivity index (χ2v) is 3.90. The Kier molecular flexibility index (Phi) is 3.45. The van der Waals surface area contributed by atoms with Crippen LogP contribution in [0.1, 0.15) is 11.1 Å². The van der Waals surface area contributed by atoms with Gasteiger partial charge in [0, 0.05) is 6.20 Å². The van der Waals surface area contributed by atoms with Gasteiger partial charge in [0.1, 0.15) is 0 Å². The fraction of sp³-hybridized carbons (Fsp3) is 0.154. The average molecular weight is 290 g/mol. The zero-order valence-corrected chi connectivity index (χ0v) is 9.68. The van der Waals surface area contributed by atoms with Crippen molar-refractivity contribution in [3.8, 4) is 11.1 Å². The zero-order chi connectivity index (χ0) is 15.0. The molecule has 0 amide bonds. The van der Waals surface area contributed by atoms with Crippen LogP contribution in [0.3, 0.4) is 0 Å². The standard InChI is InChI=1S/C13H6F6N/c14-12(15,16)10-3-1-2-9(11(10)13(17,18)19)8-4-6-20-7-5-8/h1-6H. The van der Waals surface area contributed by atoms with E-state index in [2.05, 4.69) is 11.2 Å². The predicted octanol–water partition coefficient (Wildman–Crippen LogP) is 4.59. The minimum atomic E-state index is -5.12. The molecule has 20 heavy (non-hydrogen) atoms. The summed E-state index contributed by atoms with van der Waals surface area (Å²) in [7, 11) is 0. The van der Waals surface area contributed by atoms with E-state index in [4.69, 9.17) is 0 Å². The first kappa shape index (κ1) is 14.4. The molecular weight excluding hydrogens is 284 g/mol. The van der Waals surface area contributed by atoms with Crippen LogP contribution >= 0.6 is 0 Å². The maximum absolute atomic E-state index is 13.0. The second kappa shape index (κ2) is 4.81. The molecule has 0 spiro atoms. The largest absolute Gasteiger partial charge is 0.417 e. The SMILES string of the molecule is FC(F)(F)c1cccc(-c2c[c]ncc2)c1C(F)(F)F. The summed E-state index contributed by atoms with van der Waals surface area (Å²) in [5.41, 5.74) is -3.99. The lowest BCUT2D eigenvalue weighted by atomic mass is 9.95. The van der Waals surface area contributed by atoms with Gasteiger partial charge in [-0.1, -0.05) is 12.1 Å². The molecule has 2 rings (SSSR count). The molecule has 0 saturated heterocycles. The molecule has 105 valence electrons. The average Bonchev–Trinajstić information content (AvgIpc) is 2.37. The fourth-order valence-corrected chi connectivity index (χ4v) is 1.82. The summed E-state index contributed by atoms with van der Waals surface area (Å²) in [5, 5.41) is 0. The van der Waals surface area contributed by atoms with Crippen LogP contribution in [-0.4, -0.2) is 4.98 Å². The summed E-state index contributed by atoms with van der Waals surface area (Å²) >= 11 is 0. The van der Waals surface area contributed by atoms with Crippen molar-refractivity contribution in [2.45, 2.75) is 12.4 Å². The third-order valence-corrected chi connectivity index (χ3v) is 2.59. The smallest absolute Gasteiger partial charge is 0.255 e. The van der Waals surface area contributed by atoms with Gasteiger partial charge in [-0.2, -0.15) is 26.3 Å². The van der Waals surface area contributed by atoms with Gasteiger partial charge in [0.15, 0.2) is 0 Å². The normalized spacial score (nSPS) is 12.5. The fourth-order valence-electron chi connectivity index (χ4n) is 1.82. The topological polar surface area (TPSA) is 12.9 Å². The van der Waals surface area contributed by atoms with Gasteiger partial charge in [0.05, 0.1) is 17.3 Å². The number of benzene rings is 1. The molecule has 1 radical (unpaired) electrons. The van der Waals surface area contributed by atoms with Crippen LogP contribution in [0.25, 0.3) is 11.1 Å². The van der Waals surface area contributed by atoms with Crippen molar-refractivity contribution in [3.63, 3.8) is 0 Å². The molecule has 1 heterocycles. The van der Waals surface area contributed by atoms with Crippen molar-refractivity contribution in [3.05, 3.63) is 53.9 Å². The van der Waals surface area contributed by atoms with Crippen molar-refractivity contribution >= 4 is 0 Å². The minimum absolute atomic E-state index is 0.0292. The molecule has 0 bridgehead atoms. The van der Waals surface area contributed by atoms with Crippen molar-refractivity contribution in [1.82, 2.24) is 4.98 Å². The monoisotopic (exact) mass is 290 g/mol. The van der Waals surface area contributed by atoms with Crippen molar-refractivity contribution in [2.75, 3.05) is 0 Å². The van der Waals surface area contributed by atoms with E-state index in [-0.39, 0.29) is 5.56 Å². The highest BCUT2D eigenvalue weighted by Gasteiger charge is 2.44. The lowest BCUT2D eigenvalue weighted by Crippen LogP contribution is -2.17. The zero-order valence-electron chi connectivity index (χ0n) is 9.68. The van der Waals surface area contributed by atoms with E-state index in [9.17, 15) is 26.3 Å². The Morgan fingerprint density at radius 1 is 0.900 bits per heavy atom. The number of rotatable bonds is 1. The molecule has 1 aromatic carbocycles. The number of halogens is 6. The molecule has 1 aromatic heterocycles. The maximum Gasteiger partial charge on any atom is 0.417 e. The molecule has 0 fully saturated rings. The van der Waals surface area contributed by atoms with Crippen LogP contribution in [0, 0.1) is 6.20 Å². The third-order valence-electron chi connectivity index (χ3n) is 2.59. The Morgan fingerprint density at radius 2 is 1.60 bits per heavy atom. The van der Waals surface area contributed by atoms with Gasteiger partial charge in [-0.05, 0) is 29.3 Å². The Morgan fingerprint density at radius 3 is 2.10 bits per heavy atom. The first-order valence-corrected chi connectivity index (χ1v) is 5.31. The van der Waals surface area contributed by atoms with Crippen LogP contribution in [0.15, 0.2) is 36.5 Å². The molecule has 0 unspecified atom stereocenters. The quantitative estimate of drug-likeness (QED) is 0.700. The number of nitrogens with zero attached hydrogens (tertiary/aromatic N) is 1. The minimum Gasteiger partial charge on any atom is -0.255 e. The van der Waals surface area contributed by atoms with Gasteiger partial charge in [-0.25, -0.2) is 0 Å². The number of hydrogen-bond acceptors (Lipinski definition) is 1. The number of aromatic nitrogens is 1. The van der Waals surface area contributed by atoms with Gasteiger partial charge in [0.25, 0.3) is 0 Å². The summed E-state index contributed by atoms with van der Waals surface area (Å²) in [6.07, 6.45) is -6.75. The van der Waals surface area contributed by atoms with E-state index < -0.39 is 29.0 Å². The Hall–Kier alpha value is -2.05. The lowest BCUT2D eigenvalue weighted by molar-refractivity contribution is -0.161. The van der Waals surface area contributed by atoms with Gasteiger partial charge in [-0.15, -0.1) is 0 Å². The molecule has 0 atom stereocenters. The molecular formula is C13H6F6N. The van der Waals surface area contributed by atoms with Crippen molar-refractivity contribution in [1.29, 1.82) is 0 Å². The summed E-state index contributed by atoms with van der Waals surface area (Å²) in [6, 6.07) is 4.64. The Balaban J connectivity index is 2.77. The molecule has 2 aromatic rings. The molecule has 0 aliphatic heterocycles. The van der Waals surface area contributed by atoms with E-state index in [0.29, 0.717) is 6.07 Å². The van der Waals surface area contributed by atoms with Crippen LogP contribution in [0.5, 0.6) is 0 Å². The summed E-state index contributed by atoms with van der Waals surface area (Å²) in [6.45, 7) is 0. The van der Waals surface area contributed by atoms with Crippen LogP contribution in [0.2, 0.25) is 0 Å². The van der Waals surface area contributed by atoms with Crippen LogP contribution < -0.4 is 0 Å².